The van der Waals surface area contributed by atoms with Gasteiger partial charge >= 0.3 is 11.9 Å². The summed E-state index contributed by atoms with van der Waals surface area (Å²) in [6.45, 7) is 16.9. The molecule has 2 amide bonds. The number of carbonyl (C=O) groups is 4. The van der Waals surface area contributed by atoms with Crippen LogP contribution < -0.4 is 63.4 Å². The first-order chi connectivity index (χ1) is 55.3. The zero-order valence-corrected chi connectivity index (χ0v) is 65.4. The van der Waals surface area contributed by atoms with Crippen molar-refractivity contribution >= 4 is 157 Å². The maximum atomic E-state index is 12.6. The predicted molar refractivity (Wildman–Crippen MR) is 450 cm³/mol. The third-order valence-corrected chi connectivity index (χ3v) is 21.1. The average Bonchev–Trinajstić information content (AvgIpc) is 1.63. The van der Waals surface area contributed by atoms with Crippen LogP contribution in [0.15, 0.2) is 180 Å². The summed E-state index contributed by atoms with van der Waals surface area (Å²) in [5.41, 5.74) is 23.8. The number of fused-ring (bicyclic) bond motifs is 4. The van der Waals surface area contributed by atoms with Gasteiger partial charge in [-0.2, -0.15) is 0 Å². The summed E-state index contributed by atoms with van der Waals surface area (Å²) in [7, 11) is 0. The van der Waals surface area contributed by atoms with Gasteiger partial charge in [-0.15, -0.1) is 45.3 Å². The van der Waals surface area contributed by atoms with Gasteiger partial charge in [0.05, 0.1) is 52.9 Å². The summed E-state index contributed by atoms with van der Waals surface area (Å²) in [4.78, 5) is 100. The lowest BCUT2D eigenvalue weighted by molar-refractivity contribution is -0.131. The first-order valence-corrected chi connectivity index (χ1v) is 39.1. The number of benzene rings is 4. The van der Waals surface area contributed by atoms with Crippen molar-refractivity contribution in [1.82, 2.24) is 0 Å². The Bertz CT molecular complexity index is 5650. The molecule has 26 nitrogen and oxygen atoms in total. The molecule has 0 saturated carbocycles. The van der Waals surface area contributed by atoms with Crippen LogP contribution in [0.25, 0.3) is 85.6 Å². The van der Waals surface area contributed by atoms with Gasteiger partial charge in [-0.25, -0.2) is 9.59 Å². The molecule has 584 valence electrons. The number of carbonyl (C=O) groups excluding carboxylic acids is 2. The van der Waals surface area contributed by atoms with Crippen molar-refractivity contribution in [2.24, 2.45) is 0 Å². The number of morpholine rings is 4. The number of anilines is 8. The Morgan fingerprint density at radius 3 is 0.833 bits per heavy atom. The quantitative estimate of drug-likeness (QED) is 0.0547. The van der Waals surface area contributed by atoms with Gasteiger partial charge in [-0.05, 0) is 110 Å². The number of rotatable bonds is 10. The summed E-state index contributed by atoms with van der Waals surface area (Å²) >= 11 is 5.53. The molecule has 30 heteroatoms. The SMILES string of the molecule is CC#CC(=O)Nc1cccc(-c2csc3c(=O)cc(N4CCOCC4)oc23)c1.CC#CC(=O)Nc1cccc(-c2csc3c(=O)cc(N4CCOCC4)oc23)c1.CC#CC(=O)O.CC#CC(=O)O.Nc1cccc(-c2csc3c(=O)cc(N4CCOCC4)oc23)c1.Nc1cccc(-c2csc3c(=O)cc(N4CCOCC4)oc23)c1. The van der Waals surface area contributed by atoms with Crippen LogP contribution >= 0.6 is 45.3 Å². The highest BCUT2D eigenvalue weighted by atomic mass is 32.1. The van der Waals surface area contributed by atoms with Crippen LogP contribution in [0.3, 0.4) is 0 Å². The highest BCUT2D eigenvalue weighted by molar-refractivity contribution is 7.18. The molecule has 4 fully saturated rings. The zero-order valence-electron chi connectivity index (χ0n) is 62.2. The van der Waals surface area contributed by atoms with Crippen LogP contribution in [-0.4, -0.2) is 139 Å². The molecule has 0 aliphatic carbocycles. The van der Waals surface area contributed by atoms with Gasteiger partial charge in [-0.3, -0.25) is 28.8 Å². The Morgan fingerprint density at radius 1 is 0.360 bits per heavy atom. The van der Waals surface area contributed by atoms with Crippen LogP contribution in [-0.2, 0) is 38.1 Å². The zero-order chi connectivity index (χ0) is 80.6. The number of carboxylic acids is 2. The number of ether oxygens (including phenoxy) is 4. The lowest BCUT2D eigenvalue weighted by atomic mass is 10.1. The lowest BCUT2D eigenvalue weighted by Gasteiger charge is -2.27. The number of nitrogen functional groups attached to an aromatic ring is 2. The van der Waals surface area contributed by atoms with Crippen molar-refractivity contribution in [1.29, 1.82) is 0 Å². The number of aliphatic carboxylic acids is 2. The Kier molecular flexibility index (Phi) is 28.8. The summed E-state index contributed by atoms with van der Waals surface area (Å²) in [6, 6.07) is 36.3. The lowest BCUT2D eigenvalue weighted by Crippen LogP contribution is -2.36. The van der Waals surface area contributed by atoms with E-state index in [0.717, 1.165) is 70.7 Å². The molecule has 8 aromatic heterocycles. The van der Waals surface area contributed by atoms with E-state index in [-0.39, 0.29) is 33.5 Å². The summed E-state index contributed by atoms with van der Waals surface area (Å²) in [5, 5.41) is 28.7. The summed E-state index contributed by atoms with van der Waals surface area (Å²) in [6.07, 6.45) is 0. The second-order valence-electron chi connectivity index (χ2n) is 24.9. The minimum Gasteiger partial charge on any atom is -0.472 e. The van der Waals surface area contributed by atoms with Crippen molar-refractivity contribution in [3.8, 4) is 91.9 Å². The number of nitrogens with zero attached hydrogens (tertiary/aromatic N) is 4. The molecule has 0 atom stereocenters. The second-order valence-corrected chi connectivity index (χ2v) is 28.4. The molecule has 8 N–H and O–H groups in total. The molecule has 114 heavy (non-hydrogen) atoms. The Balaban J connectivity index is 0.000000143. The minimum atomic E-state index is -1.07. The fraction of sp³-hybridized carbons (Fsp3) is 0.238. The summed E-state index contributed by atoms with van der Waals surface area (Å²) in [5.74, 6) is 17.7. The normalized spacial score (nSPS) is 13.5. The molecule has 0 spiro atoms. The van der Waals surface area contributed by atoms with E-state index >= 15 is 0 Å². The van der Waals surface area contributed by atoms with Crippen molar-refractivity contribution < 1.29 is 66.0 Å². The first-order valence-electron chi connectivity index (χ1n) is 35.5. The summed E-state index contributed by atoms with van der Waals surface area (Å²) < 4.78 is 48.4. The van der Waals surface area contributed by atoms with E-state index in [9.17, 15) is 38.4 Å². The number of hydrogen-bond donors (Lipinski definition) is 6. The Labute approximate surface area is 668 Å². The highest BCUT2D eigenvalue weighted by Crippen LogP contribution is 2.40. The van der Waals surface area contributed by atoms with E-state index in [0.29, 0.717) is 166 Å². The van der Waals surface area contributed by atoms with Gasteiger partial charge < -0.3 is 88.5 Å². The van der Waals surface area contributed by atoms with Crippen molar-refractivity contribution in [2.75, 3.05) is 147 Å². The molecule has 12 aromatic rings. The fourth-order valence-corrected chi connectivity index (χ4v) is 15.6. The van der Waals surface area contributed by atoms with E-state index in [1.165, 1.54) is 59.2 Å². The van der Waals surface area contributed by atoms with E-state index in [1.54, 1.807) is 50.2 Å². The molecule has 12 heterocycles. The van der Waals surface area contributed by atoms with Crippen molar-refractivity contribution in [3.63, 3.8) is 0 Å². The maximum absolute atomic E-state index is 12.6. The minimum absolute atomic E-state index is 0.00658. The molecule has 4 aromatic carbocycles. The molecule has 0 unspecified atom stereocenters. The van der Waals surface area contributed by atoms with Crippen molar-refractivity contribution in [3.05, 3.63) is 184 Å². The maximum Gasteiger partial charge on any atom is 0.381 e. The van der Waals surface area contributed by atoms with Gasteiger partial charge in [0.15, 0.2) is 45.9 Å². The molecular formula is C84H76N8O18S4. The van der Waals surface area contributed by atoms with Gasteiger partial charge in [-0.1, -0.05) is 72.2 Å². The van der Waals surface area contributed by atoms with E-state index in [1.807, 2.05) is 138 Å². The van der Waals surface area contributed by atoms with E-state index < -0.39 is 11.9 Å². The topological polar surface area (TPSA) is 356 Å². The van der Waals surface area contributed by atoms with Crippen LogP contribution in [0.2, 0.25) is 0 Å². The molecule has 4 aliphatic rings. The van der Waals surface area contributed by atoms with Crippen molar-refractivity contribution in [2.45, 2.75) is 27.7 Å². The van der Waals surface area contributed by atoms with Gasteiger partial charge in [0.25, 0.3) is 11.8 Å². The number of carboxylic acid groups (broad SMARTS) is 2. The molecule has 0 bridgehead atoms. The van der Waals surface area contributed by atoms with Gasteiger partial charge in [0, 0.05) is 155 Å². The largest absolute Gasteiger partial charge is 0.472 e. The number of thiophene rings is 4. The Morgan fingerprint density at radius 2 is 0.605 bits per heavy atom. The number of amides is 2. The van der Waals surface area contributed by atoms with Crippen LogP contribution in [0, 0.1) is 47.4 Å². The molecule has 4 saturated heterocycles. The van der Waals surface area contributed by atoms with Gasteiger partial charge in [0.2, 0.25) is 21.7 Å². The number of hydrogen-bond acceptors (Lipinski definition) is 26. The van der Waals surface area contributed by atoms with Crippen LogP contribution in [0.5, 0.6) is 0 Å². The number of nitrogens with one attached hydrogen (secondary N) is 2. The first kappa shape index (κ1) is 82.2. The molecule has 16 rings (SSSR count). The fourth-order valence-electron chi connectivity index (χ4n) is 12.0. The second kappa shape index (κ2) is 40.0. The highest BCUT2D eigenvalue weighted by Gasteiger charge is 2.24. The van der Waals surface area contributed by atoms with E-state index in [4.69, 9.17) is 58.3 Å². The number of nitrogens with two attached hydrogens (primary N) is 2. The standard InChI is InChI=1S/2C21H18N2O4S.2C17H16N2O3S.2C4H4O2/c2*1-2-4-18(25)22-15-6-3-5-14(11-15)16-13-28-21-17(24)12-19(27-20(16)21)23-7-9-26-10-8-23;2*18-12-3-1-2-11(8-12)13-10-23-17-14(20)9-15(22-16(13)17)19-4-6-21-7-5-19;2*1-2-3-4(5)6/h2*3,5-6,11-13H,7-10H2,1H3,(H,22,25);2*1-3,8-10H,4-7,18H2;2*1H3,(H,5,6). The average molecular weight is 1610 g/mol. The molecular weight excluding hydrogens is 1540 g/mol. The van der Waals surface area contributed by atoms with Gasteiger partial charge in [0.1, 0.15) is 18.8 Å². The predicted octanol–water partition coefficient (Wildman–Crippen LogP) is 12.7. The molecule has 4 aliphatic heterocycles. The van der Waals surface area contributed by atoms with Crippen LogP contribution in [0.4, 0.5) is 46.3 Å². The Hall–Kier alpha value is -12.7. The third-order valence-electron chi connectivity index (χ3n) is 17.2. The van der Waals surface area contributed by atoms with E-state index in [2.05, 4.69) is 46.2 Å². The third kappa shape index (κ3) is 21.5. The molecule has 0 radical (unpaired) electrons. The smallest absolute Gasteiger partial charge is 0.381 e. The van der Waals surface area contributed by atoms with Crippen LogP contribution in [0.1, 0.15) is 27.7 Å². The monoisotopic (exact) mass is 1610 g/mol.